The molecule has 1 fully saturated rings. The van der Waals surface area contributed by atoms with E-state index in [4.69, 9.17) is 4.98 Å². The maximum absolute atomic E-state index is 13.0. The zero-order valence-corrected chi connectivity index (χ0v) is 21.0. The number of para-hydroxylation sites is 1. The Hall–Kier alpha value is -2.65. The number of piperazine rings is 1. The van der Waals surface area contributed by atoms with E-state index in [0.29, 0.717) is 5.75 Å². The molecule has 0 atom stereocenters. The van der Waals surface area contributed by atoms with Crippen LogP contribution in [0.3, 0.4) is 0 Å². The van der Waals surface area contributed by atoms with Gasteiger partial charge in [0, 0.05) is 42.7 Å². The Balaban J connectivity index is 1.33. The lowest BCUT2D eigenvalue weighted by molar-refractivity contribution is -0.128. The fourth-order valence-corrected chi connectivity index (χ4v) is 6.17. The molecule has 0 unspecified atom stereocenters. The van der Waals surface area contributed by atoms with E-state index in [2.05, 4.69) is 71.5 Å². The minimum absolute atomic E-state index is 0.146. The third-order valence-corrected chi connectivity index (χ3v) is 8.28. The van der Waals surface area contributed by atoms with Crippen LogP contribution in [0.1, 0.15) is 36.0 Å². The van der Waals surface area contributed by atoms with Crippen molar-refractivity contribution in [3.8, 4) is 0 Å². The van der Waals surface area contributed by atoms with Crippen LogP contribution in [0.15, 0.2) is 35.5 Å². The first-order valence-corrected chi connectivity index (χ1v) is 13.1. The molecule has 1 saturated heterocycles. The van der Waals surface area contributed by atoms with Crippen molar-refractivity contribution in [1.82, 2.24) is 24.5 Å². The molecular formula is C24H28N6OS2. The van der Waals surface area contributed by atoms with Gasteiger partial charge in [-0.3, -0.25) is 9.20 Å². The van der Waals surface area contributed by atoms with Gasteiger partial charge in [-0.15, -0.1) is 21.5 Å². The molecular weight excluding hydrogens is 452 g/mol. The van der Waals surface area contributed by atoms with Gasteiger partial charge < -0.3 is 9.80 Å². The van der Waals surface area contributed by atoms with Gasteiger partial charge in [-0.25, -0.2) is 4.98 Å². The molecule has 172 valence electrons. The van der Waals surface area contributed by atoms with Crippen molar-refractivity contribution in [3.05, 3.63) is 46.6 Å². The Labute approximate surface area is 201 Å². The predicted molar refractivity (Wildman–Crippen MR) is 136 cm³/mol. The monoisotopic (exact) mass is 480 g/mol. The molecule has 0 saturated carbocycles. The summed E-state index contributed by atoms with van der Waals surface area (Å²) in [6, 6.07) is 10.4. The van der Waals surface area contributed by atoms with Crippen LogP contribution in [0.4, 0.5) is 5.69 Å². The molecule has 9 heteroatoms. The summed E-state index contributed by atoms with van der Waals surface area (Å²) in [7, 11) is 0. The summed E-state index contributed by atoms with van der Waals surface area (Å²) >= 11 is 3.16. The smallest absolute Gasteiger partial charge is 0.233 e. The average Bonchev–Trinajstić information content (AvgIpc) is 3.37. The van der Waals surface area contributed by atoms with Gasteiger partial charge in [0.2, 0.25) is 5.91 Å². The molecule has 0 aliphatic carbocycles. The third kappa shape index (κ3) is 4.08. The maximum Gasteiger partial charge on any atom is 0.233 e. The molecule has 4 heterocycles. The van der Waals surface area contributed by atoms with Gasteiger partial charge in [0.05, 0.1) is 11.1 Å². The number of aromatic nitrogens is 4. The molecule has 0 N–H and O–H groups in total. The van der Waals surface area contributed by atoms with Crippen molar-refractivity contribution in [1.29, 1.82) is 0 Å². The minimum atomic E-state index is 0.146. The van der Waals surface area contributed by atoms with Crippen LogP contribution >= 0.6 is 23.1 Å². The summed E-state index contributed by atoms with van der Waals surface area (Å²) in [5, 5.41) is 10.8. The molecule has 3 aromatic heterocycles. The molecule has 1 aromatic carbocycles. The van der Waals surface area contributed by atoms with Crippen LogP contribution in [0.5, 0.6) is 0 Å². The molecule has 1 aliphatic rings. The van der Waals surface area contributed by atoms with Crippen molar-refractivity contribution in [2.75, 3.05) is 36.8 Å². The number of thiophene rings is 1. The molecule has 5 rings (SSSR count). The number of thioether (sulfide) groups is 1. The molecule has 4 aromatic rings. The third-order valence-electron chi connectivity index (χ3n) is 6.26. The van der Waals surface area contributed by atoms with Gasteiger partial charge in [0.1, 0.15) is 10.7 Å². The first-order valence-electron chi connectivity index (χ1n) is 11.3. The number of carbonyl (C=O) groups is 1. The highest BCUT2D eigenvalue weighted by molar-refractivity contribution is 7.99. The molecule has 33 heavy (non-hydrogen) atoms. The summed E-state index contributed by atoms with van der Waals surface area (Å²) in [6.45, 7) is 11.7. The minimum Gasteiger partial charge on any atom is -0.368 e. The van der Waals surface area contributed by atoms with E-state index in [-0.39, 0.29) is 11.8 Å². The second-order valence-corrected chi connectivity index (χ2v) is 10.9. The summed E-state index contributed by atoms with van der Waals surface area (Å²) in [4.78, 5) is 24.5. The number of anilines is 1. The molecule has 0 spiro atoms. The second-order valence-electron chi connectivity index (χ2n) is 8.72. The standard InChI is InChI=1S/C24H28N6OS2/c1-15(2)21-25-23-20(16(3)17(4)33-23)22-26-27-24(30(21)22)32-14-19(31)29-12-10-28(11-13-29)18-8-6-5-7-9-18/h5-9,15H,10-14H2,1-4H3. The highest BCUT2D eigenvalue weighted by Crippen LogP contribution is 2.34. The largest absolute Gasteiger partial charge is 0.368 e. The zero-order valence-electron chi connectivity index (χ0n) is 19.4. The second kappa shape index (κ2) is 8.95. The Morgan fingerprint density at radius 2 is 1.82 bits per heavy atom. The van der Waals surface area contributed by atoms with Crippen molar-refractivity contribution < 1.29 is 4.79 Å². The lowest BCUT2D eigenvalue weighted by atomic mass is 10.2. The first-order chi connectivity index (χ1) is 15.9. The van der Waals surface area contributed by atoms with Crippen molar-refractivity contribution >= 4 is 50.6 Å². The summed E-state index contributed by atoms with van der Waals surface area (Å²) in [5.41, 5.74) is 3.27. The van der Waals surface area contributed by atoms with Crippen LogP contribution in [0.25, 0.3) is 15.9 Å². The van der Waals surface area contributed by atoms with Crippen molar-refractivity contribution in [2.24, 2.45) is 0 Å². The van der Waals surface area contributed by atoms with Gasteiger partial charge in [-0.1, -0.05) is 43.8 Å². The van der Waals surface area contributed by atoms with Crippen molar-refractivity contribution in [3.63, 3.8) is 0 Å². The lowest BCUT2D eigenvalue weighted by Crippen LogP contribution is -2.49. The molecule has 1 amide bonds. The van der Waals surface area contributed by atoms with Crippen LogP contribution in [-0.2, 0) is 4.79 Å². The Morgan fingerprint density at radius 1 is 1.09 bits per heavy atom. The number of aryl methyl sites for hydroxylation is 2. The van der Waals surface area contributed by atoms with Crippen LogP contribution in [0, 0.1) is 13.8 Å². The Bertz CT molecular complexity index is 1310. The van der Waals surface area contributed by atoms with E-state index >= 15 is 0 Å². The first kappa shape index (κ1) is 22.2. The number of carbonyl (C=O) groups excluding carboxylic acids is 1. The normalized spacial score (nSPS) is 14.7. The fourth-order valence-electron chi connectivity index (χ4n) is 4.29. The average molecular weight is 481 g/mol. The molecule has 7 nitrogen and oxygen atoms in total. The quantitative estimate of drug-likeness (QED) is 0.391. The number of nitrogens with zero attached hydrogens (tertiary/aromatic N) is 6. The van der Waals surface area contributed by atoms with Crippen LogP contribution in [0.2, 0.25) is 0 Å². The van der Waals surface area contributed by atoms with Crippen molar-refractivity contribution in [2.45, 2.75) is 38.8 Å². The van der Waals surface area contributed by atoms with Gasteiger partial charge in [-0.2, -0.15) is 0 Å². The predicted octanol–water partition coefficient (Wildman–Crippen LogP) is 4.52. The fraction of sp³-hybridized carbons (Fsp3) is 0.417. The Morgan fingerprint density at radius 3 is 2.52 bits per heavy atom. The highest BCUT2D eigenvalue weighted by atomic mass is 32.2. The molecule has 0 bridgehead atoms. The maximum atomic E-state index is 13.0. The van der Waals surface area contributed by atoms with Gasteiger partial charge >= 0.3 is 0 Å². The Kier molecular flexibility index (Phi) is 6.01. The summed E-state index contributed by atoms with van der Waals surface area (Å²) in [5.74, 6) is 1.66. The van der Waals surface area contributed by atoms with Gasteiger partial charge in [-0.05, 0) is 31.5 Å². The van der Waals surface area contributed by atoms with E-state index < -0.39 is 0 Å². The summed E-state index contributed by atoms with van der Waals surface area (Å²) < 4.78 is 2.05. The van der Waals surface area contributed by atoms with Gasteiger partial charge in [0.25, 0.3) is 0 Å². The van der Waals surface area contributed by atoms with Gasteiger partial charge in [0.15, 0.2) is 10.8 Å². The van der Waals surface area contributed by atoms with Crippen LogP contribution in [-0.4, -0.2) is 62.3 Å². The van der Waals surface area contributed by atoms with E-state index in [9.17, 15) is 4.79 Å². The summed E-state index contributed by atoms with van der Waals surface area (Å²) in [6.07, 6.45) is 0. The molecule has 1 aliphatic heterocycles. The number of rotatable bonds is 5. The highest BCUT2D eigenvalue weighted by Gasteiger charge is 2.24. The number of hydrogen-bond acceptors (Lipinski definition) is 7. The van der Waals surface area contributed by atoms with E-state index in [0.717, 1.165) is 53.0 Å². The van der Waals surface area contributed by atoms with E-state index in [1.165, 1.54) is 27.9 Å². The number of benzene rings is 1. The SMILES string of the molecule is Cc1sc2nc(C(C)C)n3c(SCC(=O)N4CCN(c5ccccc5)CC4)nnc3c2c1C. The van der Waals surface area contributed by atoms with E-state index in [1.807, 2.05) is 11.0 Å². The zero-order chi connectivity index (χ0) is 23.1. The van der Waals surface area contributed by atoms with Crippen LogP contribution < -0.4 is 4.90 Å². The number of hydrogen-bond donors (Lipinski definition) is 0. The topological polar surface area (TPSA) is 66.6 Å². The number of fused-ring (bicyclic) bond motifs is 3. The number of amides is 1. The lowest BCUT2D eigenvalue weighted by Gasteiger charge is -2.36. The van der Waals surface area contributed by atoms with E-state index in [1.54, 1.807) is 11.3 Å². The molecule has 0 radical (unpaired) electrons.